The van der Waals surface area contributed by atoms with E-state index in [4.69, 9.17) is 9.39 Å². The molecule has 0 bridgehead atoms. The van der Waals surface area contributed by atoms with Gasteiger partial charge in [-0.3, -0.25) is 4.79 Å². The highest BCUT2D eigenvalue weighted by atomic mass is 19.1. The quantitative estimate of drug-likeness (QED) is 0.632. The van der Waals surface area contributed by atoms with Crippen LogP contribution in [-0.4, -0.2) is 25.4 Å². The van der Waals surface area contributed by atoms with Gasteiger partial charge in [-0.2, -0.15) is 0 Å². The van der Waals surface area contributed by atoms with Crippen molar-refractivity contribution in [1.29, 1.82) is 0 Å². The minimum Gasteiger partial charge on any atom is -0.491 e. The van der Waals surface area contributed by atoms with E-state index in [0.29, 0.717) is 24.0 Å². The number of carbonyl (C=O) groups excluding carboxylic acids is 1. The number of carbonyl (C=O) groups is 1. The lowest BCUT2D eigenvalue weighted by molar-refractivity contribution is 0.0374. The lowest BCUT2D eigenvalue weighted by Gasteiger charge is -2.34. The molecule has 0 N–H and O–H groups in total. The van der Waals surface area contributed by atoms with Crippen LogP contribution in [0.25, 0.3) is 0 Å². The van der Waals surface area contributed by atoms with E-state index in [1.165, 1.54) is 12.1 Å². The highest BCUT2D eigenvalue weighted by Crippen LogP contribution is 2.45. The van der Waals surface area contributed by atoms with Gasteiger partial charge in [-0.15, -0.1) is 0 Å². The Morgan fingerprint density at radius 3 is 2.52 bits per heavy atom. The summed E-state index contributed by atoms with van der Waals surface area (Å²) in [6.45, 7) is 10.1. The Morgan fingerprint density at radius 2 is 2.05 bits per heavy atom. The average molecular weight is 292 g/mol. The predicted molar refractivity (Wildman–Crippen MR) is 82.1 cm³/mol. The molecule has 1 aliphatic rings. The SMILES string of the molecule is CCOc1c(F)ccc(C=O)c1B1CC(C)(C)C(C)(C)O1. The second-order valence-corrected chi connectivity index (χ2v) is 6.64. The van der Waals surface area contributed by atoms with Gasteiger partial charge in [0, 0.05) is 11.0 Å². The zero-order chi connectivity index (χ0) is 15.8. The van der Waals surface area contributed by atoms with Crippen molar-refractivity contribution >= 4 is 18.7 Å². The standard InChI is InChI=1S/C16H22BFO3/c1-6-20-14-12(18)8-7-11(9-19)13(14)17-10-15(2,3)16(4,5)21-17/h7-9H,6,10H2,1-5H3. The molecule has 0 unspecified atom stereocenters. The van der Waals surface area contributed by atoms with Gasteiger partial charge in [0.2, 0.25) is 0 Å². The van der Waals surface area contributed by atoms with Crippen molar-refractivity contribution in [3.8, 4) is 5.75 Å². The monoisotopic (exact) mass is 292 g/mol. The first-order valence-electron chi connectivity index (χ1n) is 7.31. The van der Waals surface area contributed by atoms with E-state index in [-0.39, 0.29) is 23.7 Å². The molecule has 1 heterocycles. The summed E-state index contributed by atoms with van der Waals surface area (Å²) >= 11 is 0. The van der Waals surface area contributed by atoms with Gasteiger partial charge in [0.15, 0.2) is 11.6 Å². The number of hydrogen-bond donors (Lipinski definition) is 0. The maximum atomic E-state index is 14.1. The molecule has 5 heteroatoms. The summed E-state index contributed by atoms with van der Waals surface area (Å²) in [7, 11) is 0. The van der Waals surface area contributed by atoms with E-state index in [1.807, 2.05) is 13.8 Å². The Hall–Kier alpha value is -1.36. The van der Waals surface area contributed by atoms with Gasteiger partial charge in [-0.25, -0.2) is 4.39 Å². The van der Waals surface area contributed by atoms with Crippen LogP contribution in [0.1, 0.15) is 45.0 Å². The molecule has 0 amide bonds. The van der Waals surface area contributed by atoms with Crippen LogP contribution < -0.4 is 10.2 Å². The fourth-order valence-corrected chi connectivity index (χ4v) is 2.74. The fourth-order valence-electron chi connectivity index (χ4n) is 2.74. The Kier molecular flexibility index (Phi) is 4.16. The van der Waals surface area contributed by atoms with Crippen LogP contribution in [0.3, 0.4) is 0 Å². The molecular formula is C16H22BFO3. The van der Waals surface area contributed by atoms with E-state index >= 15 is 0 Å². The van der Waals surface area contributed by atoms with Crippen LogP contribution in [0, 0.1) is 11.2 Å². The van der Waals surface area contributed by atoms with Gasteiger partial charge in [-0.1, -0.05) is 13.8 Å². The van der Waals surface area contributed by atoms with Crippen LogP contribution in [0.2, 0.25) is 6.32 Å². The largest absolute Gasteiger partial charge is 0.491 e. The van der Waals surface area contributed by atoms with Gasteiger partial charge in [0.1, 0.15) is 6.29 Å². The lowest BCUT2D eigenvalue weighted by Crippen LogP contribution is -2.38. The summed E-state index contributed by atoms with van der Waals surface area (Å²) in [5, 5.41) is 0. The van der Waals surface area contributed by atoms with Crippen LogP contribution in [-0.2, 0) is 4.65 Å². The third-order valence-corrected chi connectivity index (χ3v) is 4.68. The van der Waals surface area contributed by atoms with E-state index in [0.717, 1.165) is 6.29 Å². The van der Waals surface area contributed by atoms with Crippen molar-refractivity contribution in [3.05, 3.63) is 23.5 Å². The first-order valence-corrected chi connectivity index (χ1v) is 7.31. The molecule has 0 aromatic heterocycles. The van der Waals surface area contributed by atoms with Crippen LogP contribution in [0.5, 0.6) is 5.75 Å². The number of benzene rings is 1. The summed E-state index contributed by atoms with van der Waals surface area (Å²) < 4.78 is 25.7. The third-order valence-electron chi connectivity index (χ3n) is 4.68. The number of ether oxygens (including phenoxy) is 1. The maximum absolute atomic E-state index is 14.1. The summed E-state index contributed by atoms with van der Waals surface area (Å²) in [5.41, 5.74) is 0.533. The molecule has 21 heavy (non-hydrogen) atoms. The van der Waals surface area contributed by atoms with Crippen molar-refractivity contribution in [3.63, 3.8) is 0 Å². The first-order chi connectivity index (χ1) is 9.73. The second kappa shape index (κ2) is 5.45. The Labute approximate surface area is 125 Å². The lowest BCUT2D eigenvalue weighted by atomic mass is 9.53. The van der Waals surface area contributed by atoms with Crippen LogP contribution >= 0.6 is 0 Å². The minimum atomic E-state index is -0.455. The molecule has 0 atom stereocenters. The minimum absolute atomic E-state index is 0.0758. The van der Waals surface area contributed by atoms with Gasteiger partial charge in [-0.05, 0) is 44.6 Å². The Morgan fingerprint density at radius 1 is 1.38 bits per heavy atom. The van der Waals surface area contributed by atoms with Gasteiger partial charge in [0.25, 0.3) is 0 Å². The molecule has 0 spiro atoms. The topological polar surface area (TPSA) is 35.5 Å². The van der Waals surface area contributed by atoms with Crippen molar-refractivity contribution in [1.82, 2.24) is 0 Å². The average Bonchev–Trinajstić information content (AvgIpc) is 2.60. The number of aldehydes is 1. The zero-order valence-electron chi connectivity index (χ0n) is 13.3. The van der Waals surface area contributed by atoms with E-state index < -0.39 is 5.82 Å². The van der Waals surface area contributed by atoms with Crippen molar-refractivity contribution in [2.75, 3.05) is 6.61 Å². The summed E-state index contributed by atoms with van der Waals surface area (Å²) in [5.74, 6) is -0.316. The van der Waals surface area contributed by atoms with Crippen molar-refractivity contribution in [2.24, 2.45) is 5.41 Å². The number of hydrogen-bond acceptors (Lipinski definition) is 3. The summed E-state index contributed by atoms with van der Waals surface area (Å²) in [4.78, 5) is 11.3. The molecule has 0 radical (unpaired) electrons. The van der Waals surface area contributed by atoms with E-state index in [2.05, 4.69) is 13.8 Å². The fraction of sp³-hybridized carbons (Fsp3) is 0.562. The molecule has 0 saturated carbocycles. The van der Waals surface area contributed by atoms with Crippen LogP contribution in [0.4, 0.5) is 4.39 Å². The van der Waals surface area contributed by atoms with Crippen LogP contribution in [0.15, 0.2) is 12.1 Å². The summed E-state index contributed by atoms with van der Waals surface area (Å²) in [6.07, 6.45) is 1.45. The Balaban J connectivity index is 2.53. The van der Waals surface area contributed by atoms with Crippen molar-refractivity contribution < 1.29 is 18.6 Å². The zero-order valence-corrected chi connectivity index (χ0v) is 13.3. The Bertz CT molecular complexity index is 539. The smallest absolute Gasteiger partial charge is 0.332 e. The molecule has 2 rings (SSSR count). The molecule has 1 saturated heterocycles. The van der Waals surface area contributed by atoms with E-state index in [1.54, 1.807) is 6.92 Å². The highest BCUT2D eigenvalue weighted by Gasteiger charge is 2.51. The van der Waals surface area contributed by atoms with E-state index in [9.17, 15) is 9.18 Å². The normalized spacial score (nSPS) is 19.6. The highest BCUT2D eigenvalue weighted by molar-refractivity contribution is 6.70. The molecular weight excluding hydrogens is 270 g/mol. The molecule has 114 valence electrons. The molecule has 3 nitrogen and oxygen atoms in total. The maximum Gasteiger partial charge on any atom is 0.332 e. The predicted octanol–water partition coefficient (Wildman–Crippen LogP) is 3.07. The molecule has 1 aliphatic heterocycles. The van der Waals surface area contributed by atoms with Crippen molar-refractivity contribution in [2.45, 2.75) is 46.5 Å². The number of halogens is 1. The second-order valence-electron chi connectivity index (χ2n) is 6.64. The summed E-state index contributed by atoms with van der Waals surface area (Å²) in [6, 6.07) is 2.76. The molecule has 1 aromatic carbocycles. The van der Waals surface area contributed by atoms with Gasteiger partial charge >= 0.3 is 6.92 Å². The van der Waals surface area contributed by atoms with Gasteiger partial charge < -0.3 is 9.39 Å². The molecule has 0 aliphatic carbocycles. The molecule has 1 fully saturated rings. The number of rotatable bonds is 4. The third kappa shape index (κ3) is 2.71. The first kappa shape index (κ1) is 16.0. The molecule has 1 aromatic rings. The van der Waals surface area contributed by atoms with Gasteiger partial charge in [0.05, 0.1) is 12.2 Å².